The summed E-state index contributed by atoms with van der Waals surface area (Å²) in [5.41, 5.74) is 3.93. The molecule has 8 heteroatoms. The summed E-state index contributed by atoms with van der Waals surface area (Å²) in [6.07, 6.45) is 5.64. The quantitative estimate of drug-likeness (QED) is 0.496. The minimum absolute atomic E-state index is 0.605. The highest BCUT2D eigenvalue weighted by Crippen LogP contribution is 2.27. The molecule has 0 aliphatic rings. The molecule has 0 atom stereocenters. The van der Waals surface area contributed by atoms with Crippen LogP contribution < -0.4 is 0 Å². The van der Waals surface area contributed by atoms with Crippen molar-refractivity contribution in [3.63, 3.8) is 0 Å². The number of unbranched alkanes of at least 4 members (excludes halogenated alkanes) is 1. The van der Waals surface area contributed by atoms with E-state index >= 15 is 0 Å². The number of hydrogen-bond donors (Lipinski definition) is 1. The van der Waals surface area contributed by atoms with Gasteiger partial charge in [-0.3, -0.25) is 4.98 Å². The number of H-pyrrole nitrogens is 1. The van der Waals surface area contributed by atoms with Gasteiger partial charge in [0, 0.05) is 36.7 Å². The van der Waals surface area contributed by atoms with E-state index in [-0.39, 0.29) is 0 Å². The summed E-state index contributed by atoms with van der Waals surface area (Å²) in [6, 6.07) is 12.2. The fourth-order valence-corrected chi connectivity index (χ4v) is 3.26. The number of hydrogen-bond acceptors (Lipinski definition) is 6. The fraction of sp³-hybridized carbons (Fsp3) is 0.333. The highest BCUT2D eigenvalue weighted by molar-refractivity contribution is 5.76. The number of aromatic amines is 1. The Hall–Kier alpha value is -3.42. The maximum atomic E-state index is 4.72. The van der Waals surface area contributed by atoms with E-state index in [1.165, 1.54) is 5.56 Å². The van der Waals surface area contributed by atoms with Crippen molar-refractivity contribution < 1.29 is 0 Å². The molecule has 148 valence electrons. The van der Waals surface area contributed by atoms with Gasteiger partial charge >= 0.3 is 0 Å². The maximum Gasteiger partial charge on any atom is 0.181 e. The Morgan fingerprint density at radius 1 is 1.07 bits per heavy atom. The Kier molecular flexibility index (Phi) is 5.69. The number of nitrogens with zero attached hydrogens (tertiary/aromatic N) is 7. The maximum absolute atomic E-state index is 4.72. The Balaban J connectivity index is 1.58. The van der Waals surface area contributed by atoms with Crippen LogP contribution in [-0.4, -0.2) is 40.4 Å². The summed E-state index contributed by atoms with van der Waals surface area (Å²) >= 11 is 0. The Morgan fingerprint density at radius 3 is 2.66 bits per heavy atom. The van der Waals surface area contributed by atoms with Gasteiger partial charge in [0.15, 0.2) is 11.6 Å². The molecule has 0 saturated carbocycles. The summed E-state index contributed by atoms with van der Waals surface area (Å²) in [5.74, 6) is 2.54. The van der Waals surface area contributed by atoms with E-state index in [4.69, 9.17) is 4.98 Å². The summed E-state index contributed by atoms with van der Waals surface area (Å²) in [4.78, 5) is 9.26. The first-order valence-corrected chi connectivity index (χ1v) is 9.99. The van der Waals surface area contributed by atoms with Crippen molar-refractivity contribution in [2.75, 3.05) is 0 Å². The van der Waals surface area contributed by atoms with Gasteiger partial charge in [0.1, 0.15) is 5.82 Å². The monoisotopic (exact) mass is 388 g/mol. The van der Waals surface area contributed by atoms with Gasteiger partial charge in [0.25, 0.3) is 0 Å². The summed E-state index contributed by atoms with van der Waals surface area (Å²) in [5, 5.41) is 18.8. The molecule has 0 aliphatic heterocycles. The standard InChI is InChI=1S/C21H24N8/c1-3-5-13-29-19(23-18(4-2)26-29)14-15-8-10-16(11-9-15)20-17(7-6-12-22-20)21-24-27-28-25-21/h6-12H,3-5,13-14H2,1-2H3,(H,24,25,27,28). The molecule has 0 unspecified atom stereocenters. The predicted octanol–water partition coefficient (Wildman–Crippen LogP) is 3.47. The topological polar surface area (TPSA) is 98.1 Å². The van der Waals surface area contributed by atoms with Crippen molar-refractivity contribution in [3.05, 3.63) is 59.8 Å². The van der Waals surface area contributed by atoms with E-state index in [2.05, 4.69) is 73.5 Å². The molecule has 0 radical (unpaired) electrons. The van der Waals surface area contributed by atoms with Crippen LogP contribution in [0, 0.1) is 0 Å². The minimum Gasteiger partial charge on any atom is -0.255 e. The molecule has 3 heterocycles. The van der Waals surface area contributed by atoms with Crippen LogP contribution >= 0.6 is 0 Å². The highest BCUT2D eigenvalue weighted by Gasteiger charge is 2.13. The molecule has 0 saturated heterocycles. The first-order chi connectivity index (χ1) is 14.3. The molecule has 0 spiro atoms. The van der Waals surface area contributed by atoms with Crippen molar-refractivity contribution in [1.82, 2.24) is 40.4 Å². The van der Waals surface area contributed by atoms with Crippen LogP contribution in [0.3, 0.4) is 0 Å². The first kappa shape index (κ1) is 18.9. The second kappa shape index (κ2) is 8.72. The zero-order valence-electron chi connectivity index (χ0n) is 16.7. The third kappa shape index (κ3) is 4.21. The number of pyridine rings is 1. The molecule has 1 N–H and O–H groups in total. The predicted molar refractivity (Wildman–Crippen MR) is 110 cm³/mol. The van der Waals surface area contributed by atoms with Gasteiger partial charge in [0.05, 0.1) is 5.69 Å². The second-order valence-electron chi connectivity index (χ2n) is 6.90. The van der Waals surface area contributed by atoms with Crippen molar-refractivity contribution in [1.29, 1.82) is 0 Å². The molecule has 0 bridgehead atoms. The van der Waals surface area contributed by atoms with Crippen LogP contribution in [0.15, 0.2) is 42.6 Å². The van der Waals surface area contributed by atoms with Gasteiger partial charge in [-0.15, -0.1) is 5.10 Å². The van der Waals surface area contributed by atoms with Crippen molar-refractivity contribution in [2.24, 2.45) is 0 Å². The van der Waals surface area contributed by atoms with E-state index in [1.807, 2.05) is 12.1 Å². The SMILES string of the molecule is CCCCn1nc(CC)nc1Cc1ccc(-c2ncccc2-c2nnn[nH]2)cc1. The number of rotatable bonds is 8. The molecule has 0 amide bonds. The van der Waals surface area contributed by atoms with Crippen LogP contribution in [0.1, 0.15) is 43.9 Å². The molecule has 1 aromatic carbocycles. The molecule has 8 nitrogen and oxygen atoms in total. The van der Waals surface area contributed by atoms with Crippen LogP contribution in [0.4, 0.5) is 0 Å². The second-order valence-corrected chi connectivity index (χ2v) is 6.90. The molecule has 29 heavy (non-hydrogen) atoms. The number of aromatic nitrogens is 8. The minimum atomic E-state index is 0.605. The molecule has 0 aliphatic carbocycles. The largest absolute Gasteiger partial charge is 0.255 e. The molecule has 4 aromatic rings. The Morgan fingerprint density at radius 2 is 1.93 bits per heavy atom. The Bertz CT molecular complexity index is 1050. The van der Waals surface area contributed by atoms with E-state index in [0.717, 1.165) is 60.7 Å². The van der Waals surface area contributed by atoms with Crippen LogP contribution in [0.2, 0.25) is 0 Å². The van der Waals surface area contributed by atoms with Crippen LogP contribution in [0.5, 0.6) is 0 Å². The molecule has 4 rings (SSSR count). The Labute approximate surface area is 169 Å². The van der Waals surface area contributed by atoms with E-state index < -0.39 is 0 Å². The number of benzene rings is 1. The average Bonchev–Trinajstić information content (AvgIpc) is 3.43. The normalized spacial score (nSPS) is 11.1. The number of nitrogens with one attached hydrogen (secondary N) is 1. The zero-order valence-corrected chi connectivity index (χ0v) is 16.7. The lowest BCUT2D eigenvalue weighted by atomic mass is 10.0. The van der Waals surface area contributed by atoms with E-state index in [9.17, 15) is 0 Å². The lowest BCUT2D eigenvalue weighted by Crippen LogP contribution is -2.06. The lowest BCUT2D eigenvalue weighted by molar-refractivity contribution is 0.546. The van der Waals surface area contributed by atoms with Crippen molar-refractivity contribution in [2.45, 2.75) is 46.1 Å². The number of tetrazole rings is 1. The first-order valence-electron chi connectivity index (χ1n) is 9.99. The third-order valence-electron chi connectivity index (χ3n) is 4.83. The zero-order chi connectivity index (χ0) is 20.1. The summed E-state index contributed by atoms with van der Waals surface area (Å²) in [7, 11) is 0. The average molecular weight is 388 g/mol. The van der Waals surface area contributed by atoms with Crippen molar-refractivity contribution >= 4 is 0 Å². The fourth-order valence-electron chi connectivity index (χ4n) is 3.26. The smallest absolute Gasteiger partial charge is 0.181 e. The summed E-state index contributed by atoms with van der Waals surface area (Å²) in [6.45, 7) is 5.20. The van der Waals surface area contributed by atoms with Gasteiger partial charge in [-0.2, -0.15) is 5.10 Å². The third-order valence-corrected chi connectivity index (χ3v) is 4.83. The molecule has 0 fully saturated rings. The van der Waals surface area contributed by atoms with Gasteiger partial charge < -0.3 is 0 Å². The van der Waals surface area contributed by atoms with Crippen LogP contribution in [-0.2, 0) is 19.4 Å². The van der Waals surface area contributed by atoms with Gasteiger partial charge in [-0.25, -0.2) is 14.8 Å². The van der Waals surface area contributed by atoms with E-state index in [0.29, 0.717) is 5.82 Å². The lowest BCUT2D eigenvalue weighted by Gasteiger charge is -2.08. The number of aryl methyl sites for hydroxylation is 2. The van der Waals surface area contributed by atoms with Gasteiger partial charge in [0.2, 0.25) is 0 Å². The molecule has 3 aromatic heterocycles. The van der Waals surface area contributed by atoms with Crippen molar-refractivity contribution in [3.8, 4) is 22.6 Å². The van der Waals surface area contributed by atoms with Gasteiger partial charge in [-0.1, -0.05) is 44.5 Å². The molecular weight excluding hydrogens is 364 g/mol. The van der Waals surface area contributed by atoms with E-state index in [1.54, 1.807) is 6.20 Å². The van der Waals surface area contributed by atoms with Gasteiger partial charge in [-0.05, 0) is 34.5 Å². The highest BCUT2D eigenvalue weighted by atomic mass is 15.5. The van der Waals surface area contributed by atoms with Crippen LogP contribution in [0.25, 0.3) is 22.6 Å². The molecular formula is C21H24N8. The summed E-state index contributed by atoms with van der Waals surface area (Å²) < 4.78 is 2.06.